The van der Waals surface area contributed by atoms with Gasteiger partial charge in [0.15, 0.2) is 5.82 Å². The molecule has 4 rings (SSSR count). The van der Waals surface area contributed by atoms with E-state index in [4.69, 9.17) is 5.73 Å². The Hall–Kier alpha value is -3.56. The topological polar surface area (TPSA) is 120 Å². The molecule has 1 aliphatic rings. The van der Waals surface area contributed by atoms with Crippen LogP contribution in [0, 0.1) is 5.82 Å². The number of amides is 1. The van der Waals surface area contributed by atoms with Crippen molar-refractivity contribution in [2.24, 2.45) is 5.73 Å². The van der Waals surface area contributed by atoms with Gasteiger partial charge in [0.05, 0.1) is 11.3 Å². The molecule has 0 atom stereocenters. The van der Waals surface area contributed by atoms with Crippen LogP contribution >= 0.6 is 0 Å². The lowest BCUT2D eigenvalue weighted by molar-refractivity contribution is 0.0963. The molecule has 0 saturated heterocycles. The first-order valence-electron chi connectivity index (χ1n) is 8.91. The summed E-state index contributed by atoms with van der Waals surface area (Å²) < 4.78 is 27.8. The van der Waals surface area contributed by atoms with Crippen LogP contribution in [0.15, 0.2) is 43.0 Å². The molecule has 0 aromatic carbocycles. The Kier molecular flexibility index (Phi) is 4.83. The number of primary amides is 1. The van der Waals surface area contributed by atoms with Crippen molar-refractivity contribution >= 4 is 11.9 Å². The normalized spacial score (nSPS) is 20.7. The molecular formula is C19H17F2N7O. The van der Waals surface area contributed by atoms with E-state index in [1.165, 1.54) is 43.0 Å². The highest BCUT2D eigenvalue weighted by Crippen LogP contribution is 2.45. The van der Waals surface area contributed by atoms with Crippen molar-refractivity contribution in [1.29, 1.82) is 0 Å². The van der Waals surface area contributed by atoms with Gasteiger partial charge in [-0.15, -0.1) is 0 Å². The van der Waals surface area contributed by atoms with E-state index in [2.05, 4.69) is 30.2 Å². The summed E-state index contributed by atoms with van der Waals surface area (Å²) in [4.78, 5) is 31.9. The number of hydrogen-bond donors (Lipinski definition) is 2. The fourth-order valence-electron chi connectivity index (χ4n) is 3.40. The van der Waals surface area contributed by atoms with E-state index in [1.807, 2.05) is 0 Å². The highest BCUT2D eigenvalue weighted by Gasteiger charge is 2.48. The fourth-order valence-corrected chi connectivity index (χ4v) is 3.40. The van der Waals surface area contributed by atoms with E-state index in [9.17, 15) is 13.6 Å². The number of pyridine rings is 1. The number of rotatable bonds is 6. The summed E-state index contributed by atoms with van der Waals surface area (Å²) in [5.74, 6) is -0.563. The van der Waals surface area contributed by atoms with Gasteiger partial charge in [0.1, 0.15) is 17.7 Å². The Morgan fingerprint density at radius 3 is 2.59 bits per heavy atom. The summed E-state index contributed by atoms with van der Waals surface area (Å²) in [7, 11) is 0. The molecular weight excluding hydrogens is 380 g/mol. The maximum Gasteiger partial charge on any atom is 0.267 e. The molecule has 148 valence electrons. The van der Waals surface area contributed by atoms with Crippen LogP contribution in [0.1, 0.15) is 29.0 Å². The lowest BCUT2D eigenvalue weighted by atomic mass is 9.65. The molecule has 29 heavy (non-hydrogen) atoms. The molecule has 3 aromatic heterocycles. The molecule has 1 saturated carbocycles. The third-order valence-electron chi connectivity index (χ3n) is 4.89. The van der Waals surface area contributed by atoms with Crippen LogP contribution in [0.5, 0.6) is 0 Å². The summed E-state index contributed by atoms with van der Waals surface area (Å²) in [6.45, 7) is 0.244. The zero-order chi connectivity index (χ0) is 20.4. The molecule has 1 fully saturated rings. The average Bonchev–Trinajstić information content (AvgIpc) is 2.71. The number of nitrogens with two attached hydrogens (primary N) is 1. The molecule has 0 bridgehead atoms. The third-order valence-corrected chi connectivity index (χ3v) is 4.89. The maximum absolute atomic E-state index is 14.2. The van der Waals surface area contributed by atoms with Gasteiger partial charge >= 0.3 is 0 Å². The second kappa shape index (κ2) is 7.46. The van der Waals surface area contributed by atoms with Crippen LogP contribution in [0.25, 0.3) is 11.4 Å². The third kappa shape index (κ3) is 3.73. The number of nitrogens with one attached hydrogen (secondary N) is 1. The highest BCUT2D eigenvalue weighted by molar-refractivity contribution is 5.91. The Morgan fingerprint density at radius 2 is 1.93 bits per heavy atom. The van der Waals surface area contributed by atoms with Crippen molar-refractivity contribution in [3.63, 3.8) is 0 Å². The van der Waals surface area contributed by atoms with E-state index in [-0.39, 0.29) is 42.5 Å². The minimum atomic E-state index is -0.990. The van der Waals surface area contributed by atoms with Crippen LogP contribution in [0.2, 0.25) is 0 Å². The van der Waals surface area contributed by atoms with Crippen LogP contribution in [-0.4, -0.2) is 43.5 Å². The predicted molar refractivity (Wildman–Crippen MR) is 100 cm³/mol. The van der Waals surface area contributed by atoms with E-state index < -0.39 is 23.3 Å². The van der Waals surface area contributed by atoms with E-state index in [0.717, 1.165) is 0 Å². The summed E-state index contributed by atoms with van der Waals surface area (Å²) in [5.41, 5.74) is 5.31. The highest BCUT2D eigenvalue weighted by atomic mass is 19.1. The van der Waals surface area contributed by atoms with Crippen molar-refractivity contribution < 1.29 is 13.6 Å². The fraction of sp³-hybridized carbons (Fsp3) is 0.263. The number of alkyl halides is 1. The molecule has 1 aliphatic carbocycles. The van der Waals surface area contributed by atoms with E-state index >= 15 is 0 Å². The Balaban J connectivity index is 1.50. The lowest BCUT2D eigenvalue weighted by Crippen LogP contribution is -2.49. The molecule has 10 heteroatoms. The van der Waals surface area contributed by atoms with Gasteiger partial charge in [0.25, 0.3) is 5.91 Å². The molecule has 0 radical (unpaired) electrons. The van der Waals surface area contributed by atoms with Crippen molar-refractivity contribution in [2.45, 2.75) is 24.4 Å². The summed E-state index contributed by atoms with van der Waals surface area (Å²) in [6, 6.07) is 4.24. The summed E-state index contributed by atoms with van der Waals surface area (Å²) in [5, 5.41) is 3.03. The van der Waals surface area contributed by atoms with Crippen LogP contribution in [0.3, 0.4) is 0 Å². The first-order chi connectivity index (χ1) is 14.0. The lowest BCUT2D eigenvalue weighted by Gasteiger charge is -2.43. The van der Waals surface area contributed by atoms with Crippen molar-refractivity contribution in [2.75, 3.05) is 11.9 Å². The largest absolute Gasteiger partial charge is 0.364 e. The second-order valence-corrected chi connectivity index (χ2v) is 6.90. The molecule has 3 N–H and O–H groups in total. The van der Waals surface area contributed by atoms with Gasteiger partial charge in [-0.2, -0.15) is 0 Å². The number of halogens is 2. The molecule has 3 heterocycles. The molecule has 0 aliphatic heterocycles. The summed E-state index contributed by atoms with van der Waals surface area (Å²) >= 11 is 0. The minimum Gasteiger partial charge on any atom is -0.364 e. The molecule has 8 nitrogen and oxygen atoms in total. The summed E-state index contributed by atoms with van der Waals surface area (Å²) in [6.07, 6.45) is 5.27. The molecule has 1 amide bonds. The standard InChI is InChI=1S/C19H17F2N7O/c20-12-6-19(7-12,15-13(21)2-1-4-23-15)10-27-18-25-8-11(9-26-18)17-24-5-3-14(28-17)16(22)29/h1-5,8-9,12H,6-7,10H2,(H2,22,29)(H,25,26,27). The van der Waals surface area contributed by atoms with Crippen molar-refractivity contribution in [3.8, 4) is 11.4 Å². The monoisotopic (exact) mass is 397 g/mol. The SMILES string of the molecule is NC(=O)c1ccnc(-c2cnc(NCC3(c4ncccc4F)CC(F)C3)nc2)n1. The van der Waals surface area contributed by atoms with E-state index in [0.29, 0.717) is 5.56 Å². The predicted octanol–water partition coefficient (Wildman–Crippen LogP) is 2.05. The van der Waals surface area contributed by atoms with Gasteiger partial charge in [-0.05, 0) is 31.0 Å². The zero-order valence-electron chi connectivity index (χ0n) is 15.2. The van der Waals surface area contributed by atoms with Gasteiger partial charge in [0.2, 0.25) is 5.95 Å². The number of nitrogens with zero attached hydrogens (tertiary/aromatic N) is 5. The quantitative estimate of drug-likeness (QED) is 0.653. The molecule has 0 spiro atoms. The smallest absolute Gasteiger partial charge is 0.267 e. The van der Waals surface area contributed by atoms with Crippen molar-refractivity contribution in [3.05, 3.63) is 60.2 Å². The number of hydrogen-bond acceptors (Lipinski definition) is 7. The number of anilines is 1. The first kappa shape index (κ1) is 18.8. The first-order valence-corrected chi connectivity index (χ1v) is 8.91. The Bertz CT molecular complexity index is 1040. The van der Waals surface area contributed by atoms with Gasteiger partial charge in [-0.25, -0.2) is 28.7 Å². The van der Waals surface area contributed by atoms with Crippen molar-refractivity contribution in [1.82, 2.24) is 24.9 Å². The van der Waals surface area contributed by atoms with Gasteiger partial charge in [-0.1, -0.05) is 0 Å². The number of aromatic nitrogens is 5. The van der Waals surface area contributed by atoms with E-state index in [1.54, 1.807) is 0 Å². The van der Waals surface area contributed by atoms with Crippen LogP contribution in [0.4, 0.5) is 14.7 Å². The Labute approximate surface area is 164 Å². The molecule has 3 aromatic rings. The van der Waals surface area contributed by atoms with Gasteiger partial charge in [-0.3, -0.25) is 9.78 Å². The maximum atomic E-state index is 14.2. The average molecular weight is 397 g/mol. The zero-order valence-corrected chi connectivity index (χ0v) is 15.2. The number of carbonyl (C=O) groups excluding carboxylic acids is 1. The second-order valence-electron chi connectivity index (χ2n) is 6.90. The van der Waals surface area contributed by atoms with Gasteiger partial charge < -0.3 is 11.1 Å². The molecule has 0 unspecified atom stereocenters. The Morgan fingerprint density at radius 1 is 1.17 bits per heavy atom. The van der Waals surface area contributed by atoms with Gasteiger partial charge in [0, 0.05) is 36.7 Å². The van der Waals surface area contributed by atoms with Crippen LogP contribution < -0.4 is 11.1 Å². The van der Waals surface area contributed by atoms with Crippen LogP contribution in [-0.2, 0) is 5.41 Å². The minimum absolute atomic E-state index is 0.0855. The number of carbonyl (C=O) groups is 1.